The van der Waals surface area contributed by atoms with E-state index in [0.717, 1.165) is 31.5 Å². The summed E-state index contributed by atoms with van der Waals surface area (Å²) in [6.45, 7) is 5.47. The number of rotatable bonds is 8. The Hall–Kier alpha value is -2.94. The van der Waals surface area contributed by atoms with E-state index in [9.17, 15) is 17.6 Å². The summed E-state index contributed by atoms with van der Waals surface area (Å²) in [7, 11) is 1.58. The highest BCUT2D eigenvalue weighted by Crippen LogP contribution is 2.39. The molecule has 4 heterocycles. The zero-order valence-corrected chi connectivity index (χ0v) is 22.9. The van der Waals surface area contributed by atoms with E-state index in [-0.39, 0.29) is 40.1 Å². The third-order valence-corrected chi connectivity index (χ3v) is 8.17. The second-order valence-corrected chi connectivity index (χ2v) is 11.1. The molecule has 0 radical (unpaired) electrons. The number of likely N-dealkylation sites (tertiary alicyclic amines) is 1. The Morgan fingerprint density at radius 2 is 2.00 bits per heavy atom. The lowest BCUT2D eigenvalue weighted by Gasteiger charge is -2.36. The number of halogens is 5. The van der Waals surface area contributed by atoms with E-state index in [4.69, 9.17) is 4.74 Å². The van der Waals surface area contributed by atoms with Crippen LogP contribution in [0.1, 0.15) is 30.2 Å². The third-order valence-electron chi connectivity index (χ3n) is 7.21. The summed E-state index contributed by atoms with van der Waals surface area (Å²) in [5, 5.41) is 6.38. The van der Waals surface area contributed by atoms with E-state index in [2.05, 4.69) is 37.4 Å². The first-order valence-electron chi connectivity index (χ1n) is 13.0. The number of ether oxygens (including phenoxy) is 1. The number of hydrogen-bond donors (Lipinski definition) is 2. The molecule has 8 nitrogen and oxygen atoms in total. The van der Waals surface area contributed by atoms with Crippen molar-refractivity contribution < 1.29 is 26.7 Å². The maximum atomic E-state index is 15.7. The quantitative estimate of drug-likeness (QED) is 0.357. The lowest BCUT2D eigenvalue weighted by molar-refractivity contribution is -0.137. The number of nitrogens with one attached hydrogen (secondary N) is 2. The van der Waals surface area contributed by atoms with Gasteiger partial charge in [-0.2, -0.15) is 17.6 Å². The van der Waals surface area contributed by atoms with E-state index >= 15 is 4.39 Å². The molecule has 2 aliphatic rings. The van der Waals surface area contributed by atoms with Gasteiger partial charge >= 0.3 is 6.18 Å². The molecule has 2 saturated heterocycles. The molecule has 0 bridgehead atoms. The summed E-state index contributed by atoms with van der Waals surface area (Å²) in [6, 6.07) is 2.54. The Labute approximate surface area is 232 Å². The van der Waals surface area contributed by atoms with Crippen molar-refractivity contribution in [2.75, 3.05) is 50.1 Å². The molecule has 2 fully saturated rings. The van der Waals surface area contributed by atoms with Crippen LogP contribution in [-0.2, 0) is 17.5 Å². The fraction of sp³-hybridized carbons (Fsp3) is 0.500. The number of anilines is 3. The molecule has 40 heavy (non-hydrogen) atoms. The Kier molecular flexibility index (Phi) is 8.50. The van der Waals surface area contributed by atoms with Crippen molar-refractivity contribution in [3.05, 3.63) is 46.6 Å². The first-order chi connectivity index (χ1) is 19.1. The van der Waals surface area contributed by atoms with Crippen molar-refractivity contribution in [1.29, 1.82) is 0 Å². The molecule has 0 aliphatic carbocycles. The molecular weight excluding hydrogens is 553 g/mol. The molecule has 14 heteroatoms. The monoisotopic (exact) mass is 583 g/mol. The van der Waals surface area contributed by atoms with Crippen LogP contribution in [0.5, 0.6) is 0 Å². The number of thiazole rings is 1. The lowest BCUT2D eigenvalue weighted by atomic mass is 10.1. The van der Waals surface area contributed by atoms with Crippen molar-refractivity contribution in [1.82, 2.24) is 25.2 Å². The highest BCUT2D eigenvalue weighted by atomic mass is 32.1. The molecule has 0 saturated carbocycles. The van der Waals surface area contributed by atoms with E-state index in [0.29, 0.717) is 43.7 Å². The molecule has 2 N–H and O–H groups in total. The van der Waals surface area contributed by atoms with Crippen LogP contribution in [0, 0.1) is 11.6 Å². The number of hydrogen-bond acceptors (Lipinski definition) is 9. The Morgan fingerprint density at radius 1 is 1.18 bits per heavy atom. The van der Waals surface area contributed by atoms with E-state index in [1.54, 1.807) is 7.11 Å². The minimum Gasteiger partial charge on any atom is -0.383 e. The maximum Gasteiger partial charge on any atom is 0.416 e. The van der Waals surface area contributed by atoms with E-state index in [1.165, 1.54) is 17.7 Å². The summed E-state index contributed by atoms with van der Waals surface area (Å²) in [6.07, 6.45) is -1.47. The van der Waals surface area contributed by atoms with Crippen molar-refractivity contribution >= 4 is 28.1 Å². The zero-order valence-electron chi connectivity index (χ0n) is 22.1. The maximum absolute atomic E-state index is 15.7. The highest BCUT2D eigenvalue weighted by molar-refractivity contribution is 7.16. The topological polar surface area (TPSA) is 78.4 Å². The Morgan fingerprint density at radius 3 is 2.73 bits per heavy atom. The van der Waals surface area contributed by atoms with Crippen molar-refractivity contribution in [3.63, 3.8) is 0 Å². The fourth-order valence-corrected chi connectivity index (χ4v) is 6.18. The van der Waals surface area contributed by atoms with Crippen LogP contribution in [0.4, 0.5) is 38.7 Å². The lowest BCUT2D eigenvalue weighted by Crippen LogP contribution is -2.54. The van der Waals surface area contributed by atoms with Gasteiger partial charge in [0.15, 0.2) is 16.8 Å². The smallest absolute Gasteiger partial charge is 0.383 e. The minimum atomic E-state index is -4.72. The van der Waals surface area contributed by atoms with Gasteiger partial charge in [0, 0.05) is 49.8 Å². The van der Waals surface area contributed by atoms with Gasteiger partial charge in [-0.15, -0.1) is 0 Å². The molecule has 5 rings (SSSR count). The average Bonchev–Trinajstić information content (AvgIpc) is 3.51. The van der Waals surface area contributed by atoms with Crippen LogP contribution >= 0.6 is 11.3 Å². The van der Waals surface area contributed by atoms with Gasteiger partial charge in [0.25, 0.3) is 0 Å². The van der Waals surface area contributed by atoms with E-state index < -0.39 is 23.4 Å². The summed E-state index contributed by atoms with van der Waals surface area (Å²) in [4.78, 5) is 17.4. The second kappa shape index (κ2) is 11.9. The fourth-order valence-electron chi connectivity index (χ4n) is 5.17. The first-order valence-corrected chi connectivity index (χ1v) is 13.8. The predicted octanol–water partition coefficient (Wildman–Crippen LogP) is 5.05. The van der Waals surface area contributed by atoms with Gasteiger partial charge in [0.05, 0.1) is 23.9 Å². The molecule has 0 amide bonds. The number of nitrogens with zero attached hydrogens (tertiary/aromatic N) is 5. The molecule has 1 aromatic carbocycles. The molecule has 0 spiro atoms. The van der Waals surface area contributed by atoms with Crippen molar-refractivity contribution in [2.24, 2.45) is 0 Å². The van der Waals surface area contributed by atoms with Gasteiger partial charge < -0.3 is 20.3 Å². The van der Waals surface area contributed by atoms with Crippen LogP contribution in [0.25, 0.3) is 11.3 Å². The number of alkyl halides is 3. The average molecular weight is 584 g/mol. The van der Waals surface area contributed by atoms with Crippen LogP contribution < -0.4 is 15.5 Å². The van der Waals surface area contributed by atoms with Crippen LogP contribution in [0.15, 0.2) is 24.5 Å². The number of benzene rings is 1. The van der Waals surface area contributed by atoms with Crippen LogP contribution in [0.2, 0.25) is 0 Å². The second-order valence-electron chi connectivity index (χ2n) is 9.97. The Balaban J connectivity index is 1.50. The normalized spacial score (nSPS) is 20.3. The Bertz CT molecular complexity index is 1340. The van der Waals surface area contributed by atoms with Gasteiger partial charge in [-0.25, -0.2) is 19.3 Å². The van der Waals surface area contributed by atoms with Crippen molar-refractivity contribution in [3.8, 4) is 11.3 Å². The molecule has 2 aliphatic heterocycles. The standard InChI is InChI=1S/C26H30F5N7OS/c1-15-4-3-6-37(15)12-20-22(16-8-17(26(29,30)31)10-18(27)9-16)35-25(40-20)36-23-21(28)24(34-14-33-23)38-7-5-32-11-19(38)13-39-2/h8-10,14-15,19,32H,3-7,11-13H2,1-2H3,(H,33,34,35,36)/t15-,19+/m1/s1. The van der Waals surface area contributed by atoms with Gasteiger partial charge in [-0.3, -0.25) is 4.90 Å². The van der Waals surface area contributed by atoms with E-state index in [1.807, 2.05) is 4.90 Å². The number of methoxy groups -OCH3 is 1. The minimum absolute atomic E-state index is 0.00514. The van der Waals surface area contributed by atoms with Gasteiger partial charge in [0.2, 0.25) is 5.82 Å². The molecular formula is C26H30F5N7OS. The third kappa shape index (κ3) is 6.19. The zero-order chi connectivity index (χ0) is 28.4. The van der Waals surface area contributed by atoms with Gasteiger partial charge in [0.1, 0.15) is 12.1 Å². The molecule has 2 aromatic heterocycles. The molecule has 2 atom stereocenters. The van der Waals surface area contributed by atoms with Gasteiger partial charge in [-0.05, 0) is 44.5 Å². The first kappa shape index (κ1) is 28.6. The number of piperazine rings is 1. The predicted molar refractivity (Wildman–Crippen MR) is 143 cm³/mol. The number of aromatic nitrogens is 3. The van der Waals surface area contributed by atoms with Gasteiger partial charge in [-0.1, -0.05) is 11.3 Å². The SMILES string of the molecule is COC[C@@H]1CNCCN1c1ncnc(Nc2nc(-c3cc(F)cc(C(F)(F)F)c3)c(CN3CCC[C@H]3C)s2)c1F. The summed E-state index contributed by atoms with van der Waals surface area (Å²) < 4.78 is 75.7. The highest BCUT2D eigenvalue weighted by Gasteiger charge is 2.33. The summed E-state index contributed by atoms with van der Waals surface area (Å²) >= 11 is 1.18. The summed E-state index contributed by atoms with van der Waals surface area (Å²) in [5.41, 5.74) is -0.877. The van der Waals surface area contributed by atoms with Crippen LogP contribution in [0.3, 0.4) is 0 Å². The van der Waals surface area contributed by atoms with Crippen molar-refractivity contribution in [2.45, 2.75) is 44.6 Å². The summed E-state index contributed by atoms with van der Waals surface area (Å²) in [5.74, 6) is -1.69. The van der Waals surface area contributed by atoms with Crippen LogP contribution in [-0.4, -0.2) is 71.8 Å². The molecule has 0 unspecified atom stereocenters. The molecule has 216 valence electrons. The molecule has 3 aromatic rings. The largest absolute Gasteiger partial charge is 0.416 e.